The van der Waals surface area contributed by atoms with Crippen molar-refractivity contribution in [1.82, 2.24) is 20.5 Å². The Kier molecular flexibility index (Phi) is 4.82. The average molecular weight is 302 g/mol. The number of ether oxygens (including phenoxy) is 2. The number of H-pyrrole nitrogens is 2. The molecule has 114 valence electrons. The molecule has 0 fully saturated rings. The van der Waals surface area contributed by atoms with Crippen LogP contribution in [0.3, 0.4) is 0 Å². The van der Waals surface area contributed by atoms with E-state index < -0.39 is 11.6 Å². The lowest BCUT2D eigenvalue weighted by atomic mass is 10.2. The number of rotatable bonds is 6. The molecular formula is C14H14N4O4. The second-order valence-corrected chi connectivity index (χ2v) is 4.19. The lowest BCUT2D eigenvalue weighted by Gasteiger charge is -2.11. The Morgan fingerprint density at radius 1 is 1.45 bits per heavy atom. The molecule has 2 rings (SSSR count). The zero-order valence-corrected chi connectivity index (χ0v) is 11.8. The minimum Gasteiger partial charge on any atom is -0.493 e. The molecule has 8 nitrogen and oxygen atoms in total. The van der Waals surface area contributed by atoms with E-state index >= 15 is 0 Å². The standard InChI is InChI=1S/C14H14N4O4/c1-3-6-22-11-7-9(4-5-10(11)21-2)8-15-13(19)12-16-14(20)18-17-12/h1,4-5,7H,6,8H2,2H3,(H,15,19)(H2,16,17,18,20). The van der Waals surface area contributed by atoms with Gasteiger partial charge in [0.2, 0.25) is 5.82 Å². The predicted octanol–water partition coefficient (Wildman–Crippen LogP) is 0.0486. The molecule has 0 aliphatic heterocycles. The van der Waals surface area contributed by atoms with E-state index in [4.69, 9.17) is 15.9 Å². The Morgan fingerprint density at radius 2 is 2.27 bits per heavy atom. The van der Waals surface area contributed by atoms with Gasteiger partial charge >= 0.3 is 5.69 Å². The summed E-state index contributed by atoms with van der Waals surface area (Å²) in [6.45, 7) is 0.338. The highest BCUT2D eigenvalue weighted by Crippen LogP contribution is 2.27. The van der Waals surface area contributed by atoms with Gasteiger partial charge in [-0.2, -0.15) is 0 Å². The number of nitrogens with one attached hydrogen (secondary N) is 3. The Labute approximate surface area is 125 Å². The van der Waals surface area contributed by atoms with E-state index in [2.05, 4.69) is 26.4 Å². The van der Waals surface area contributed by atoms with Crippen LogP contribution in [0.1, 0.15) is 16.2 Å². The average Bonchev–Trinajstić information content (AvgIpc) is 2.97. The summed E-state index contributed by atoms with van der Waals surface area (Å²) in [4.78, 5) is 24.9. The molecule has 0 atom stereocenters. The van der Waals surface area contributed by atoms with Crippen molar-refractivity contribution in [2.24, 2.45) is 0 Å². The van der Waals surface area contributed by atoms with Crippen LogP contribution in [0.15, 0.2) is 23.0 Å². The number of hydrogen-bond donors (Lipinski definition) is 3. The monoisotopic (exact) mass is 302 g/mol. The number of terminal acetylenes is 1. The highest BCUT2D eigenvalue weighted by atomic mass is 16.5. The van der Waals surface area contributed by atoms with Gasteiger partial charge in [-0.1, -0.05) is 12.0 Å². The van der Waals surface area contributed by atoms with E-state index in [1.54, 1.807) is 18.2 Å². The summed E-state index contributed by atoms with van der Waals surface area (Å²) < 4.78 is 10.5. The summed E-state index contributed by atoms with van der Waals surface area (Å²) in [5.74, 6) is 2.82. The number of methoxy groups -OCH3 is 1. The highest BCUT2D eigenvalue weighted by molar-refractivity contribution is 5.90. The molecule has 1 aromatic carbocycles. The Hall–Kier alpha value is -3.21. The third kappa shape index (κ3) is 3.67. The van der Waals surface area contributed by atoms with Crippen LogP contribution in [-0.4, -0.2) is 34.8 Å². The predicted molar refractivity (Wildman–Crippen MR) is 77.7 cm³/mol. The van der Waals surface area contributed by atoms with Crippen LogP contribution in [-0.2, 0) is 6.54 Å². The summed E-state index contributed by atoms with van der Waals surface area (Å²) >= 11 is 0. The Morgan fingerprint density at radius 3 is 2.91 bits per heavy atom. The molecule has 0 radical (unpaired) electrons. The first-order valence-corrected chi connectivity index (χ1v) is 6.30. The normalized spacial score (nSPS) is 9.82. The number of aromatic amines is 2. The van der Waals surface area contributed by atoms with Gasteiger partial charge in [-0.15, -0.1) is 11.5 Å². The van der Waals surface area contributed by atoms with E-state index in [0.717, 1.165) is 5.56 Å². The number of benzene rings is 1. The van der Waals surface area contributed by atoms with Crippen molar-refractivity contribution >= 4 is 5.91 Å². The molecule has 0 saturated heterocycles. The summed E-state index contributed by atoms with van der Waals surface area (Å²) in [7, 11) is 1.52. The molecule has 0 spiro atoms. The highest BCUT2D eigenvalue weighted by Gasteiger charge is 2.11. The minimum atomic E-state index is -0.542. The summed E-state index contributed by atoms with van der Waals surface area (Å²) in [5.41, 5.74) is 0.235. The van der Waals surface area contributed by atoms with E-state index in [-0.39, 0.29) is 19.0 Å². The maximum absolute atomic E-state index is 11.8. The van der Waals surface area contributed by atoms with E-state index in [1.165, 1.54) is 7.11 Å². The van der Waals surface area contributed by atoms with Crippen molar-refractivity contribution < 1.29 is 14.3 Å². The van der Waals surface area contributed by atoms with Crippen LogP contribution in [0.2, 0.25) is 0 Å². The third-order valence-corrected chi connectivity index (χ3v) is 2.71. The molecule has 22 heavy (non-hydrogen) atoms. The lowest BCUT2D eigenvalue weighted by Crippen LogP contribution is -2.24. The first-order chi connectivity index (χ1) is 10.6. The quantitative estimate of drug-likeness (QED) is 0.653. The molecule has 1 aromatic heterocycles. The fourth-order valence-corrected chi connectivity index (χ4v) is 1.71. The fraction of sp³-hybridized carbons (Fsp3) is 0.214. The van der Waals surface area contributed by atoms with Crippen LogP contribution in [0.4, 0.5) is 0 Å². The molecule has 0 saturated carbocycles. The van der Waals surface area contributed by atoms with Crippen molar-refractivity contribution in [2.75, 3.05) is 13.7 Å². The second-order valence-electron chi connectivity index (χ2n) is 4.19. The van der Waals surface area contributed by atoms with Gasteiger partial charge in [0.1, 0.15) is 6.61 Å². The molecule has 0 unspecified atom stereocenters. The molecule has 1 amide bonds. The van der Waals surface area contributed by atoms with Crippen LogP contribution in [0.25, 0.3) is 0 Å². The summed E-state index contributed by atoms with van der Waals surface area (Å²) in [6.07, 6.45) is 5.16. The number of aromatic nitrogens is 3. The van der Waals surface area contributed by atoms with Gasteiger partial charge in [0.15, 0.2) is 11.5 Å². The number of hydrogen-bond acceptors (Lipinski definition) is 5. The van der Waals surface area contributed by atoms with Crippen molar-refractivity contribution in [3.63, 3.8) is 0 Å². The Bertz CT molecular complexity index is 757. The number of nitrogens with zero attached hydrogens (tertiary/aromatic N) is 1. The molecule has 3 N–H and O–H groups in total. The lowest BCUT2D eigenvalue weighted by molar-refractivity contribution is 0.0941. The van der Waals surface area contributed by atoms with Crippen LogP contribution < -0.4 is 20.5 Å². The van der Waals surface area contributed by atoms with Crippen LogP contribution in [0, 0.1) is 12.3 Å². The van der Waals surface area contributed by atoms with Gasteiger partial charge in [0.25, 0.3) is 5.91 Å². The van der Waals surface area contributed by atoms with Crippen LogP contribution in [0.5, 0.6) is 11.5 Å². The number of carbonyl (C=O) groups excluding carboxylic acids is 1. The molecule has 0 aliphatic rings. The van der Waals surface area contributed by atoms with Gasteiger partial charge in [0.05, 0.1) is 7.11 Å². The van der Waals surface area contributed by atoms with Crippen molar-refractivity contribution in [2.45, 2.75) is 6.54 Å². The molecular weight excluding hydrogens is 288 g/mol. The maximum atomic E-state index is 11.8. The van der Waals surface area contributed by atoms with Gasteiger partial charge in [-0.25, -0.2) is 9.89 Å². The topological polar surface area (TPSA) is 109 Å². The van der Waals surface area contributed by atoms with Gasteiger partial charge in [-0.3, -0.25) is 9.78 Å². The third-order valence-electron chi connectivity index (χ3n) is 2.71. The fourth-order valence-electron chi connectivity index (χ4n) is 1.71. The summed E-state index contributed by atoms with van der Waals surface area (Å²) in [5, 5.41) is 8.28. The first kappa shape index (κ1) is 15.2. The smallest absolute Gasteiger partial charge is 0.341 e. The molecule has 1 heterocycles. The zero-order chi connectivity index (χ0) is 15.9. The van der Waals surface area contributed by atoms with Crippen molar-refractivity contribution in [1.29, 1.82) is 0 Å². The van der Waals surface area contributed by atoms with Crippen LogP contribution >= 0.6 is 0 Å². The van der Waals surface area contributed by atoms with E-state index in [0.29, 0.717) is 11.5 Å². The molecule has 0 bridgehead atoms. The van der Waals surface area contributed by atoms with Crippen molar-refractivity contribution in [3.8, 4) is 23.8 Å². The summed E-state index contributed by atoms with van der Waals surface area (Å²) in [6, 6.07) is 5.20. The van der Waals surface area contributed by atoms with Gasteiger partial charge < -0.3 is 14.8 Å². The molecule has 2 aromatic rings. The van der Waals surface area contributed by atoms with E-state index in [1.807, 2.05) is 0 Å². The minimum absolute atomic E-state index is 0.0812. The Balaban J connectivity index is 2.05. The number of carbonyl (C=O) groups is 1. The molecule has 8 heteroatoms. The van der Waals surface area contributed by atoms with Gasteiger partial charge in [0, 0.05) is 6.54 Å². The zero-order valence-electron chi connectivity index (χ0n) is 11.8. The van der Waals surface area contributed by atoms with Crippen molar-refractivity contribution in [3.05, 3.63) is 40.1 Å². The van der Waals surface area contributed by atoms with Gasteiger partial charge in [-0.05, 0) is 17.7 Å². The molecule has 0 aliphatic carbocycles. The second kappa shape index (κ2) is 6.99. The first-order valence-electron chi connectivity index (χ1n) is 6.30. The largest absolute Gasteiger partial charge is 0.493 e. The van der Waals surface area contributed by atoms with E-state index in [9.17, 15) is 9.59 Å². The SMILES string of the molecule is C#CCOc1cc(CNC(=O)c2n[nH]c(=O)[nH]2)ccc1OC. The maximum Gasteiger partial charge on any atom is 0.341 e. The number of amides is 1.